The summed E-state index contributed by atoms with van der Waals surface area (Å²) in [6.45, 7) is 0. The molecule has 1 aliphatic rings. The maximum atomic E-state index is 13.2. The van der Waals surface area contributed by atoms with Crippen LogP contribution in [0.15, 0.2) is 53.4 Å². The molecule has 0 N–H and O–H groups in total. The van der Waals surface area contributed by atoms with Crippen LogP contribution >= 0.6 is 11.8 Å². The van der Waals surface area contributed by atoms with Crippen LogP contribution in [0.2, 0.25) is 0 Å². The Morgan fingerprint density at radius 3 is 2.43 bits per heavy atom. The van der Waals surface area contributed by atoms with E-state index in [0.29, 0.717) is 16.2 Å². The summed E-state index contributed by atoms with van der Waals surface area (Å²) in [7, 11) is 1.49. The fraction of sp³-hybridized carbons (Fsp3) is 0.111. The number of halogens is 3. The molecule has 0 bridgehead atoms. The zero-order valence-corrected chi connectivity index (χ0v) is 13.0. The van der Waals surface area contributed by atoms with Gasteiger partial charge in [0.1, 0.15) is 5.75 Å². The molecule has 1 aliphatic heterocycles. The van der Waals surface area contributed by atoms with Crippen LogP contribution in [-0.4, -0.2) is 13.3 Å². The molecule has 2 aromatic carbocycles. The number of fused-ring (bicyclic) bond motifs is 1. The van der Waals surface area contributed by atoms with Crippen LogP contribution in [0.4, 0.5) is 13.2 Å². The summed E-state index contributed by atoms with van der Waals surface area (Å²) in [5.41, 5.74) is 2.14. The van der Waals surface area contributed by atoms with Crippen LogP contribution in [0.1, 0.15) is 16.7 Å². The molecule has 0 aromatic heterocycles. The molecule has 0 atom stereocenters. The van der Waals surface area contributed by atoms with Gasteiger partial charge < -0.3 is 4.74 Å². The molecule has 0 saturated carbocycles. The molecule has 0 fully saturated rings. The number of ether oxygens (including phenoxy) is 1. The fourth-order valence-corrected chi connectivity index (χ4v) is 3.33. The molecule has 0 spiro atoms. The van der Waals surface area contributed by atoms with Crippen molar-refractivity contribution in [1.82, 2.24) is 0 Å². The second kappa shape index (κ2) is 6.16. The van der Waals surface area contributed by atoms with Crippen molar-refractivity contribution in [1.29, 1.82) is 0 Å². The number of allylic oxidation sites excluding steroid dienone is 1. The zero-order valence-electron chi connectivity index (χ0n) is 12.2. The molecule has 0 aliphatic carbocycles. The van der Waals surface area contributed by atoms with Crippen molar-refractivity contribution >= 4 is 28.8 Å². The molecule has 0 radical (unpaired) electrons. The van der Waals surface area contributed by atoms with E-state index in [-0.39, 0.29) is 0 Å². The summed E-state index contributed by atoms with van der Waals surface area (Å²) in [6.07, 6.45) is -1.43. The smallest absolute Gasteiger partial charge is 0.422 e. The van der Waals surface area contributed by atoms with E-state index in [0.717, 1.165) is 22.9 Å². The van der Waals surface area contributed by atoms with Gasteiger partial charge in [0.2, 0.25) is 0 Å². The van der Waals surface area contributed by atoms with Gasteiger partial charge >= 0.3 is 6.18 Å². The summed E-state index contributed by atoms with van der Waals surface area (Å²) in [4.78, 5) is -0.0517. The number of hydrogen-bond donors (Lipinski definition) is 0. The van der Waals surface area contributed by atoms with Gasteiger partial charge in [-0.05, 0) is 47.0 Å². The van der Waals surface area contributed by atoms with E-state index in [4.69, 9.17) is 4.74 Å². The largest absolute Gasteiger partial charge is 0.497 e. The summed E-state index contributed by atoms with van der Waals surface area (Å²) in [5.74, 6) is 0.535. The van der Waals surface area contributed by atoms with Crippen molar-refractivity contribution in [2.45, 2.75) is 6.18 Å². The van der Waals surface area contributed by atoms with Gasteiger partial charge in [-0.15, -0.1) is 0 Å². The van der Waals surface area contributed by atoms with Gasteiger partial charge in [-0.25, -0.2) is 0 Å². The third-order valence-corrected chi connectivity index (χ3v) is 4.53. The number of alkyl halides is 3. The maximum Gasteiger partial charge on any atom is 0.422 e. The Morgan fingerprint density at radius 2 is 1.78 bits per heavy atom. The third kappa shape index (κ3) is 3.45. The second-order valence-electron chi connectivity index (χ2n) is 4.98. The molecular weight excluding hydrogens is 321 g/mol. The highest BCUT2D eigenvalue weighted by molar-refractivity contribution is 8.12. The van der Waals surface area contributed by atoms with E-state index in [1.54, 1.807) is 24.3 Å². The standard InChI is InChI=1S/C18H13F3OS/c1-22-14-7-8-15-13(10-14)11-17(18(19,20)21)23-16(15)9-12-5-3-2-4-6-12/h2-11H,1H3/b16-9-. The highest BCUT2D eigenvalue weighted by Gasteiger charge is 2.37. The second-order valence-corrected chi connectivity index (χ2v) is 6.06. The quantitative estimate of drug-likeness (QED) is 0.682. The van der Waals surface area contributed by atoms with Crippen LogP contribution in [0.25, 0.3) is 17.1 Å². The molecule has 5 heteroatoms. The first-order chi connectivity index (χ1) is 11.0. The monoisotopic (exact) mass is 334 g/mol. The molecule has 1 heterocycles. The molecule has 23 heavy (non-hydrogen) atoms. The summed E-state index contributed by atoms with van der Waals surface area (Å²) >= 11 is 0.746. The highest BCUT2D eigenvalue weighted by atomic mass is 32.2. The fourth-order valence-electron chi connectivity index (χ4n) is 2.30. The lowest BCUT2D eigenvalue weighted by molar-refractivity contribution is -0.0827. The average molecular weight is 334 g/mol. The van der Waals surface area contributed by atoms with Crippen LogP contribution in [0, 0.1) is 0 Å². The number of rotatable bonds is 2. The van der Waals surface area contributed by atoms with Crippen molar-refractivity contribution in [3.63, 3.8) is 0 Å². The lowest BCUT2D eigenvalue weighted by Crippen LogP contribution is -2.11. The van der Waals surface area contributed by atoms with Crippen LogP contribution < -0.4 is 4.74 Å². The highest BCUT2D eigenvalue weighted by Crippen LogP contribution is 2.49. The molecular formula is C18H13F3OS. The predicted octanol–water partition coefficient (Wildman–Crippen LogP) is 5.84. The minimum atomic E-state index is -4.37. The Bertz CT molecular complexity index is 777. The van der Waals surface area contributed by atoms with Crippen LogP contribution in [-0.2, 0) is 0 Å². The topological polar surface area (TPSA) is 9.23 Å². The van der Waals surface area contributed by atoms with Gasteiger partial charge in [-0.2, -0.15) is 13.2 Å². The van der Waals surface area contributed by atoms with Crippen molar-refractivity contribution in [3.05, 3.63) is 70.1 Å². The summed E-state index contributed by atoms with van der Waals surface area (Å²) in [5, 5.41) is 0. The first-order valence-electron chi connectivity index (χ1n) is 6.89. The van der Waals surface area contributed by atoms with Gasteiger partial charge in [-0.1, -0.05) is 42.1 Å². The molecule has 0 saturated heterocycles. The summed E-state index contributed by atoms with van der Waals surface area (Å²) in [6, 6.07) is 14.5. The van der Waals surface area contributed by atoms with Gasteiger partial charge in [0.15, 0.2) is 0 Å². The van der Waals surface area contributed by atoms with Gasteiger partial charge in [-0.3, -0.25) is 0 Å². The number of benzene rings is 2. The van der Waals surface area contributed by atoms with E-state index < -0.39 is 11.1 Å². The molecule has 2 aromatic rings. The molecule has 0 unspecified atom stereocenters. The van der Waals surface area contributed by atoms with E-state index in [9.17, 15) is 13.2 Å². The van der Waals surface area contributed by atoms with Gasteiger partial charge in [0, 0.05) is 4.91 Å². The first-order valence-corrected chi connectivity index (χ1v) is 7.71. The van der Waals surface area contributed by atoms with Gasteiger partial charge in [0.25, 0.3) is 0 Å². The van der Waals surface area contributed by atoms with Crippen molar-refractivity contribution in [3.8, 4) is 5.75 Å². The predicted molar refractivity (Wildman–Crippen MR) is 88.9 cm³/mol. The van der Waals surface area contributed by atoms with E-state index >= 15 is 0 Å². The lowest BCUT2D eigenvalue weighted by Gasteiger charge is -2.21. The molecule has 3 rings (SSSR count). The lowest BCUT2D eigenvalue weighted by atomic mass is 10.0. The SMILES string of the molecule is COc1ccc2c(c1)C=C(C(F)(F)F)S/C2=C\c1ccccc1. The van der Waals surface area contributed by atoms with E-state index in [2.05, 4.69) is 0 Å². The van der Waals surface area contributed by atoms with Crippen molar-refractivity contribution in [2.24, 2.45) is 0 Å². The first kappa shape index (κ1) is 15.7. The van der Waals surface area contributed by atoms with Crippen LogP contribution in [0.3, 0.4) is 0 Å². The molecule has 0 amide bonds. The van der Waals surface area contributed by atoms with Crippen molar-refractivity contribution in [2.75, 3.05) is 7.11 Å². The third-order valence-electron chi connectivity index (χ3n) is 3.41. The van der Waals surface area contributed by atoms with E-state index in [1.165, 1.54) is 13.2 Å². The number of thioether (sulfide) groups is 1. The Hall–Kier alpha value is -2.14. The van der Waals surface area contributed by atoms with Gasteiger partial charge in [0.05, 0.1) is 12.0 Å². The number of methoxy groups -OCH3 is 1. The Labute approximate surface area is 136 Å². The molecule has 1 nitrogen and oxygen atoms in total. The van der Waals surface area contributed by atoms with E-state index in [1.807, 2.05) is 30.3 Å². The normalized spacial score (nSPS) is 16.0. The maximum absolute atomic E-state index is 13.2. The minimum absolute atomic E-state index is 0.512. The zero-order chi connectivity index (χ0) is 16.4. The Balaban J connectivity index is 2.13. The summed E-state index contributed by atoms with van der Waals surface area (Å²) < 4.78 is 44.7. The Morgan fingerprint density at radius 1 is 1.04 bits per heavy atom. The van der Waals surface area contributed by atoms with Crippen molar-refractivity contribution < 1.29 is 17.9 Å². The van der Waals surface area contributed by atoms with Crippen LogP contribution in [0.5, 0.6) is 5.75 Å². The average Bonchev–Trinajstić information content (AvgIpc) is 2.54. The minimum Gasteiger partial charge on any atom is -0.497 e. The Kier molecular flexibility index (Phi) is 4.22. The number of hydrogen-bond acceptors (Lipinski definition) is 2. The molecule has 118 valence electrons.